The fraction of sp³-hybridized carbons (Fsp3) is 0.909. The van der Waals surface area contributed by atoms with Crippen molar-refractivity contribution >= 4 is 5.91 Å². The Morgan fingerprint density at radius 2 is 2.00 bits per heavy atom. The monoisotopic (exact) mass is 214 g/mol. The predicted molar refractivity (Wildman–Crippen MR) is 59.7 cm³/mol. The number of carbonyl (C=O) groups is 1. The number of hydrogen-bond acceptors (Lipinski definition) is 3. The third-order valence-electron chi connectivity index (χ3n) is 2.56. The summed E-state index contributed by atoms with van der Waals surface area (Å²) in [6.07, 6.45) is 0.651. The highest BCUT2D eigenvalue weighted by atomic mass is 16.5. The van der Waals surface area contributed by atoms with Crippen molar-refractivity contribution in [3.8, 4) is 0 Å². The molecular weight excluding hydrogens is 192 g/mol. The maximum Gasteiger partial charge on any atom is 0.223 e. The Labute approximate surface area is 92.2 Å². The minimum absolute atomic E-state index is 0.271. The average molecular weight is 214 g/mol. The highest BCUT2D eigenvalue weighted by Crippen LogP contribution is 2.08. The molecule has 0 bridgehead atoms. The summed E-state index contributed by atoms with van der Waals surface area (Å²) >= 11 is 0. The van der Waals surface area contributed by atoms with E-state index in [9.17, 15) is 4.79 Å². The number of hydrogen-bond donors (Lipinski definition) is 0. The van der Waals surface area contributed by atoms with Crippen molar-refractivity contribution < 1.29 is 9.53 Å². The molecule has 1 atom stereocenters. The Balaban J connectivity index is 2.27. The Morgan fingerprint density at radius 3 is 2.53 bits per heavy atom. The molecule has 0 aromatic rings. The summed E-state index contributed by atoms with van der Waals surface area (Å²) in [7, 11) is 4.07. The molecule has 0 spiro atoms. The van der Waals surface area contributed by atoms with E-state index in [4.69, 9.17) is 4.74 Å². The molecule has 1 unspecified atom stereocenters. The molecule has 0 saturated carbocycles. The summed E-state index contributed by atoms with van der Waals surface area (Å²) in [5.74, 6) is 0.697. The molecule has 1 fully saturated rings. The van der Waals surface area contributed by atoms with Crippen LogP contribution in [0, 0.1) is 5.92 Å². The number of carbonyl (C=O) groups excluding carboxylic acids is 1. The van der Waals surface area contributed by atoms with E-state index >= 15 is 0 Å². The second-order valence-electron chi connectivity index (χ2n) is 4.56. The number of morpholine rings is 1. The van der Waals surface area contributed by atoms with E-state index in [0.717, 1.165) is 19.6 Å². The number of nitrogens with zero attached hydrogens (tertiary/aromatic N) is 2. The van der Waals surface area contributed by atoms with Gasteiger partial charge in [-0.05, 0) is 20.0 Å². The summed E-state index contributed by atoms with van der Waals surface area (Å²) in [6, 6.07) is 0. The van der Waals surface area contributed by atoms with E-state index in [1.165, 1.54) is 0 Å². The number of amides is 1. The van der Waals surface area contributed by atoms with E-state index in [-0.39, 0.29) is 5.91 Å². The van der Waals surface area contributed by atoms with Crippen molar-refractivity contribution in [1.82, 2.24) is 9.80 Å². The summed E-state index contributed by atoms with van der Waals surface area (Å²) in [5.41, 5.74) is 0. The molecular formula is C11H22N2O2. The molecule has 0 aromatic carbocycles. The van der Waals surface area contributed by atoms with Crippen LogP contribution < -0.4 is 0 Å². The summed E-state index contributed by atoms with van der Waals surface area (Å²) in [4.78, 5) is 15.9. The smallest absolute Gasteiger partial charge is 0.223 e. The summed E-state index contributed by atoms with van der Waals surface area (Å²) < 4.78 is 5.22. The van der Waals surface area contributed by atoms with Crippen molar-refractivity contribution in [2.24, 2.45) is 5.92 Å². The molecule has 0 aliphatic carbocycles. The second-order valence-corrected chi connectivity index (χ2v) is 4.56. The van der Waals surface area contributed by atoms with E-state index in [2.05, 4.69) is 11.8 Å². The van der Waals surface area contributed by atoms with Crippen molar-refractivity contribution in [3.05, 3.63) is 0 Å². The van der Waals surface area contributed by atoms with Crippen molar-refractivity contribution in [1.29, 1.82) is 0 Å². The van der Waals surface area contributed by atoms with Gasteiger partial charge in [-0.3, -0.25) is 4.79 Å². The van der Waals surface area contributed by atoms with Crippen LogP contribution in [0.2, 0.25) is 0 Å². The van der Waals surface area contributed by atoms with E-state index in [0.29, 0.717) is 25.6 Å². The van der Waals surface area contributed by atoms with Crippen LogP contribution in [-0.2, 0) is 9.53 Å². The van der Waals surface area contributed by atoms with Crippen LogP contribution in [0.1, 0.15) is 13.3 Å². The Hall–Kier alpha value is -0.610. The first-order valence-corrected chi connectivity index (χ1v) is 5.60. The van der Waals surface area contributed by atoms with Gasteiger partial charge in [0.05, 0.1) is 13.2 Å². The van der Waals surface area contributed by atoms with Gasteiger partial charge in [-0.1, -0.05) is 6.92 Å². The molecule has 0 aromatic heterocycles. The zero-order chi connectivity index (χ0) is 11.3. The second kappa shape index (κ2) is 6.08. The van der Waals surface area contributed by atoms with Crippen LogP contribution in [0.3, 0.4) is 0 Å². The van der Waals surface area contributed by atoms with Gasteiger partial charge in [-0.2, -0.15) is 0 Å². The zero-order valence-electron chi connectivity index (χ0n) is 10.0. The molecule has 15 heavy (non-hydrogen) atoms. The Bertz CT molecular complexity index is 201. The molecule has 4 heteroatoms. The number of ether oxygens (including phenoxy) is 1. The maximum absolute atomic E-state index is 11.8. The lowest BCUT2D eigenvalue weighted by molar-refractivity contribution is -0.136. The SMILES string of the molecule is CC(CC(=O)N1CCOCC1)CN(C)C. The molecule has 1 rings (SSSR count). The topological polar surface area (TPSA) is 32.8 Å². The van der Waals surface area contributed by atoms with Gasteiger partial charge in [0, 0.05) is 26.1 Å². The van der Waals surface area contributed by atoms with E-state index in [1.54, 1.807) is 0 Å². The van der Waals surface area contributed by atoms with Crippen LogP contribution >= 0.6 is 0 Å². The quantitative estimate of drug-likeness (QED) is 0.680. The average Bonchev–Trinajstić information content (AvgIpc) is 2.17. The van der Waals surface area contributed by atoms with Crippen LogP contribution in [0.15, 0.2) is 0 Å². The Kier molecular flexibility index (Phi) is 5.05. The van der Waals surface area contributed by atoms with Crippen molar-refractivity contribution in [2.45, 2.75) is 13.3 Å². The van der Waals surface area contributed by atoms with E-state index in [1.807, 2.05) is 19.0 Å². The van der Waals surface area contributed by atoms with Gasteiger partial charge in [0.15, 0.2) is 0 Å². The van der Waals surface area contributed by atoms with E-state index < -0.39 is 0 Å². The fourth-order valence-corrected chi connectivity index (χ4v) is 1.93. The third-order valence-corrected chi connectivity index (χ3v) is 2.56. The largest absolute Gasteiger partial charge is 0.378 e. The Morgan fingerprint density at radius 1 is 1.40 bits per heavy atom. The lowest BCUT2D eigenvalue weighted by atomic mass is 10.1. The fourth-order valence-electron chi connectivity index (χ4n) is 1.93. The first-order valence-electron chi connectivity index (χ1n) is 5.60. The maximum atomic E-state index is 11.8. The van der Waals surface area contributed by atoms with Gasteiger partial charge in [0.25, 0.3) is 0 Å². The molecule has 1 aliphatic heterocycles. The standard InChI is InChI=1S/C11H22N2O2/c1-10(9-12(2)3)8-11(14)13-4-6-15-7-5-13/h10H,4-9H2,1-3H3. The molecule has 1 aliphatic rings. The normalized spacial score (nSPS) is 19.3. The molecule has 0 N–H and O–H groups in total. The highest BCUT2D eigenvalue weighted by Gasteiger charge is 2.18. The molecule has 88 valence electrons. The van der Waals surface area contributed by atoms with Crippen LogP contribution in [0.4, 0.5) is 0 Å². The molecule has 0 radical (unpaired) electrons. The lowest BCUT2D eigenvalue weighted by Gasteiger charge is -2.28. The first kappa shape index (κ1) is 12.5. The predicted octanol–water partition coefficient (Wildman–Crippen LogP) is 0.433. The molecule has 1 saturated heterocycles. The van der Waals surface area contributed by atoms with Crippen LogP contribution in [0.25, 0.3) is 0 Å². The van der Waals surface area contributed by atoms with Gasteiger partial charge in [0.2, 0.25) is 5.91 Å². The van der Waals surface area contributed by atoms with Gasteiger partial charge < -0.3 is 14.5 Å². The lowest BCUT2D eigenvalue weighted by Crippen LogP contribution is -2.41. The highest BCUT2D eigenvalue weighted by molar-refractivity contribution is 5.76. The van der Waals surface area contributed by atoms with Crippen LogP contribution in [0.5, 0.6) is 0 Å². The van der Waals surface area contributed by atoms with Gasteiger partial charge in [0.1, 0.15) is 0 Å². The van der Waals surface area contributed by atoms with Crippen molar-refractivity contribution in [2.75, 3.05) is 46.9 Å². The van der Waals surface area contributed by atoms with Crippen molar-refractivity contribution in [3.63, 3.8) is 0 Å². The van der Waals surface area contributed by atoms with Gasteiger partial charge in [-0.25, -0.2) is 0 Å². The third kappa shape index (κ3) is 4.62. The minimum atomic E-state index is 0.271. The minimum Gasteiger partial charge on any atom is -0.378 e. The van der Waals surface area contributed by atoms with Crippen LogP contribution in [-0.4, -0.2) is 62.7 Å². The summed E-state index contributed by atoms with van der Waals surface area (Å²) in [6.45, 7) is 5.98. The molecule has 1 amide bonds. The van der Waals surface area contributed by atoms with Gasteiger partial charge in [-0.15, -0.1) is 0 Å². The summed E-state index contributed by atoms with van der Waals surface area (Å²) in [5, 5.41) is 0. The molecule has 4 nitrogen and oxygen atoms in total. The molecule has 1 heterocycles. The first-order chi connectivity index (χ1) is 7.09. The van der Waals surface area contributed by atoms with Gasteiger partial charge >= 0.3 is 0 Å². The number of rotatable bonds is 4. The zero-order valence-corrected chi connectivity index (χ0v) is 10.0.